The number of carbonyl (C=O) groups excluding carboxylic acids is 3. The number of anilines is 2. The van der Waals surface area contributed by atoms with Crippen molar-refractivity contribution in [3.05, 3.63) is 59.7 Å². The first-order chi connectivity index (χ1) is 12.4. The molecule has 2 rings (SSSR count). The van der Waals surface area contributed by atoms with Gasteiger partial charge in [-0.2, -0.15) is 5.26 Å². The van der Waals surface area contributed by atoms with Crippen molar-refractivity contribution in [1.29, 1.82) is 5.26 Å². The van der Waals surface area contributed by atoms with Gasteiger partial charge in [-0.1, -0.05) is 0 Å². The highest BCUT2D eigenvalue weighted by Crippen LogP contribution is 2.16. The maximum absolute atomic E-state index is 12.1. The third kappa shape index (κ3) is 5.02. The molecule has 0 radical (unpaired) electrons. The van der Waals surface area contributed by atoms with Crippen molar-refractivity contribution in [3.8, 4) is 6.07 Å². The van der Waals surface area contributed by atoms with Crippen LogP contribution in [0.3, 0.4) is 0 Å². The van der Waals surface area contributed by atoms with E-state index in [1.807, 2.05) is 6.07 Å². The summed E-state index contributed by atoms with van der Waals surface area (Å²) in [4.78, 5) is 36.7. The van der Waals surface area contributed by atoms with Gasteiger partial charge >= 0.3 is 0 Å². The van der Waals surface area contributed by atoms with E-state index in [4.69, 9.17) is 5.26 Å². The Balaban J connectivity index is 1.97. The minimum atomic E-state index is -0.236. The van der Waals surface area contributed by atoms with Crippen molar-refractivity contribution in [1.82, 2.24) is 0 Å². The Labute approximate surface area is 152 Å². The molecule has 0 spiro atoms. The molecule has 0 saturated carbocycles. The van der Waals surface area contributed by atoms with Gasteiger partial charge in [0, 0.05) is 36.8 Å². The zero-order valence-electron chi connectivity index (χ0n) is 14.7. The molecule has 6 nitrogen and oxygen atoms in total. The highest BCUT2D eigenvalue weighted by molar-refractivity contribution is 5.96. The fraction of sp³-hybridized carbons (Fsp3) is 0.200. The Kier molecular flexibility index (Phi) is 6.23. The zero-order valence-corrected chi connectivity index (χ0v) is 14.7. The summed E-state index contributed by atoms with van der Waals surface area (Å²) in [5, 5.41) is 11.6. The lowest BCUT2D eigenvalue weighted by atomic mass is 10.1. The average molecular weight is 349 g/mol. The maximum atomic E-state index is 12.1. The van der Waals surface area contributed by atoms with Crippen LogP contribution in [0.15, 0.2) is 48.5 Å². The van der Waals surface area contributed by atoms with Crippen LogP contribution in [0.2, 0.25) is 0 Å². The van der Waals surface area contributed by atoms with Gasteiger partial charge in [0.25, 0.3) is 0 Å². The Hall–Kier alpha value is -3.46. The maximum Gasteiger partial charge on any atom is 0.226 e. The van der Waals surface area contributed by atoms with E-state index in [0.29, 0.717) is 22.5 Å². The van der Waals surface area contributed by atoms with Crippen LogP contribution in [0.5, 0.6) is 0 Å². The van der Waals surface area contributed by atoms with Gasteiger partial charge < -0.3 is 10.2 Å². The first kappa shape index (κ1) is 18.9. The van der Waals surface area contributed by atoms with Crippen LogP contribution >= 0.6 is 0 Å². The summed E-state index contributed by atoms with van der Waals surface area (Å²) < 4.78 is 0. The number of nitrogens with zero attached hydrogens (tertiary/aromatic N) is 2. The van der Waals surface area contributed by atoms with E-state index in [-0.39, 0.29) is 30.6 Å². The van der Waals surface area contributed by atoms with E-state index >= 15 is 0 Å². The van der Waals surface area contributed by atoms with Crippen LogP contribution < -0.4 is 10.2 Å². The molecule has 0 saturated heterocycles. The van der Waals surface area contributed by atoms with Gasteiger partial charge in [0.05, 0.1) is 11.6 Å². The number of benzene rings is 2. The zero-order chi connectivity index (χ0) is 19.1. The van der Waals surface area contributed by atoms with Gasteiger partial charge in [0.15, 0.2) is 5.78 Å². The molecule has 0 aliphatic rings. The van der Waals surface area contributed by atoms with Gasteiger partial charge in [-0.25, -0.2) is 0 Å². The summed E-state index contributed by atoms with van der Waals surface area (Å²) in [5.41, 5.74) is 2.30. The molecule has 0 bridgehead atoms. The SMILES string of the molecule is CC(=O)c1ccc(NC(=O)CCN(C(C)=O)c2ccc(C#N)cc2)cc1. The number of amides is 2. The topological polar surface area (TPSA) is 90.3 Å². The van der Waals surface area contributed by atoms with Crippen molar-refractivity contribution < 1.29 is 14.4 Å². The third-order valence-electron chi connectivity index (χ3n) is 3.83. The number of nitriles is 1. The van der Waals surface area contributed by atoms with Gasteiger partial charge in [-0.3, -0.25) is 14.4 Å². The second kappa shape index (κ2) is 8.58. The van der Waals surface area contributed by atoms with Crippen LogP contribution in [0.1, 0.15) is 36.2 Å². The molecular weight excluding hydrogens is 330 g/mol. The van der Waals surface area contributed by atoms with Crippen molar-refractivity contribution in [2.24, 2.45) is 0 Å². The van der Waals surface area contributed by atoms with Crippen molar-refractivity contribution in [2.45, 2.75) is 20.3 Å². The number of carbonyl (C=O) groups is 3. The van der Waals surface area contributed by atoms with E-state index in [1.54, 1.807) is 48.5 Å². The van der Waals surface area contributed by atoms with Gasteiger partial charge in [-0.05, 0) is 55.5 Å². The summed E-state index contributed by atoms with van der Waals surface area (Å²) in [6.45, 7) is 3.13. The second-order valence-corrected chi connectivity index (χ2v) is 5.76. The van der Waals surface area contributed by atoms with Crippen LogP contribution in [-0.4, -0.2) is 24.1 Å². The van der Waals surface area contributed by atoms with E-state index < -0.39 is 0 Å². The summed E-state index contributed by atoms with van der Waals surface area (Å²) in [5.74, 6) is -0.462. The molecule has 6 heteroatoms. The minimum absolute atomic E-state index is 0.0395. The summed E-state index contributed by atoms with van der Waals surface area (Å²) in [6.07, 6.45) is 0.119. The molecule has 0 heterocycles. The molecule has 0 atom stereocenters. The predicted octanol–water partition coefficient (Wildman–Crippen LogP) is 3.14. The molecule has 2 amide bonds. The van der Waals surface area contributed by atoms with Crippen LogP contribution in [-0.2, 0) is 9.59 Å². The van der Waals surface area contributed by atoms with Gasteiger partial charge in [-0.15, -0.1) is 0 Å². The molecule has 2 aromatic carbocycles. The highest BCUT2D eigenvalue weighted by Gasteiger charge is 2.13. The predicted molar refractivity (Wildman–Crippen MR) is 98.9 cm³/mol. The van der Waals surface area contributed by atoms with Crippen molar-refractivity contribution in [2.75, 3.05) is 16.8 Å². The fourth-order valence-corrected chi connectivity index (χ4v) is 2.41. The number of hydrogen-bond acceptors (Lipinski definition) is 4. The Bertz CT molecular complexity index is 849. The Morgan fingerprint density at radius 1 is 1.00 bits per heavy atom. The molecular formula is C20H19N3O3. The molecule has 0 aromatic heterocycles. The monoisotopic (exact) mass is 349 g/mol. The first-order valence-corrected chi connectivity index (χ1v) is 8.10. The number of nitrogens with one attached hydrogen (secondary N) is 1. The molecule has 132 valence electrons. The molecule has 0 fully saturated rings. The van der Waals surface area contributed by atoms with Crippen LogP contribution in [0.4, 0.5) is 11.4 Å². The van der Waals surface area contributed by atoms with Crippen molar-refractivity contribution in [3.63, 3.8) is 0 Å². The Morgan fingerprint density at radius 3 is 2.12 bits per heavy atom. The molecule has 2 aromatic rings. The number of Topliss-reactive ketones (excluding diaryl/α,β-unsaturated/α-hetero) is 1. The number of ketones is 1. The highest BCUT2D eigenvalue weighted by atomic mass is 16.2. The van der Waals surface area contributed by atoms with E-state index in [2.05, 4.69) is 5.32 Å². The number of hydrogen-bond donors (Lipinski definition) is 1. The summed E-state index contributed by atoms with van der Waals surface area (Å²) in [7, 11) is 0. The molecule has 0 aliphatic heterocycles. The largest absolute Gasteiger partial charge is 0.326 e. The second-order valence-electron chi connectivity index (χ2n) is 5.76. The quantitative estimate of drug-likeness (QED) is 0.811. The third-order valence-corrected chi connectivity index (χ3v) is 3.83. The van der Waals surface area contributed by atoms with Crippen molar-refractivity contribution >= 4 is 29.0 Å². The van der Waals surface area contributed by atoms with Gasteiger partial charge in [0.2, 0.25) is 11.8 Å². The first-order valence-electron chi connectivity index (χ1n) is 8.10. The normalized spacial score (nSPS) is 9.88. The molecule has 0 unspecified atom stereocenters. The van der Waals surface area contributed by atoms with E-state index in [0.717, 1.165) is 0 Å². The van der Waals surface area contributed by atoms with Crippen LogP contribution in [0, 0.1) is 11.3 Å². The van der Waals surface area contributed by atoms with Crippen LogP contribution in [0.25, 0.3) is 0 Å². The number of rotatable bonds is 6. The fourth-order valence-electron chi connectivity index (χ4n) is 2.41. The van der Waals surface area contributed by atoms with E-state index in [1.165, 1.54) is 18.7 Å². The lowest BCUT2D eigenvalue weighted by Gasteiger charge is -2.21. The molecule has 26 heavy (non-hydrogen) atoms. The Morgan fingerprint density at radius 2 is 1.62 bits per heavy atom. The summed E-state index contributed by atoms with van der Waals surface area (Å²) >= 11 is 0. The molecule has 0 aliphatic carbocycles. The lowest BCUT2D eigenvalue weighted by molar-refractivity contribution is -0.117. The lowest BCUT2D eigenvalue weighted by Crippen LogP contribution is -2.31. The smallest absolute Gasteiger partial charge is 0.226 e. The minimum Gasteiger partial charge on any atom is -0.326 e. The molecule has 1 N–H and O–H groups in total. The van der Waals surface area contributed by atoms with E-state index in [9.17, 15) is 14.4 Å². The average Bonchev–Trinajstić information content (AvgIpc) is 2.62. The summed E-state index contributed by atoms with van der Waals surface area (Å²) in [6, 6.07) is 15.3. The van der Waals surface area contributed by atoms with Gasteiger partial charge in [0.1, 0.15) is 0 Å². The standard InChI is InChI=1S/C20H19N3O3/c1-14(24)17-5-7-18(8-6-17)22-20(26)11-12-23(15(2)25)19-9-3-16(13-21)4-10-19/h3-10H,11-12H2,1-2H3,(H,22,26).